The summed E-state index contributed by atoms with van der Waals surface area (Å²) in [4.78, 5) is 36.9. The third-order valence-electron chi connectivity index (χ3n) is 6.77. The van der Waals surface area contributed by atoms with Gasteiger partial charge in [0, 0.05) is 44.2 Å². The predicted molar refractivity (Wildman–Crippen MR) is 135 cm³/mol. The number of aryl methyl sites for hydroxylation is 2. The van der Waals surface area contributed by atoms with Crippen molar-refractivity contribution in [2.75, 3.05) is 43.5 Å². The number of nitrogens with one attached hydrogen (secondary N) is 2. The Kier molecular flexibility index (Phi) is 7.23. The number of ether oxygens (including phenoxy) is 1. The Morgan fingerprint density at radius 1 is 1.23 bits per heavy atom. The zero-order chi connectivity index (χ0) is 25.0. The number of carbonyl (C=O) groups is 2. The van der Waals surface area contributed by atoms with Gasteiger partial charge in [-0.05, 0) is 50.3 Å². The summed E-state index contributed by atoms with van der Waals surface area (Å²) in [6.45, 7) is 10.5. The summed E-state index contributed by atoms with van der Waals surface area (Å²) in [6.07, 6.45) is 6.22. The molecule has 1 atom stereocenters. The van der Waals surface area contributed by atoms with Crippen molar-refractivity contribution >= 4 is 23.5 Å². The molecule has 186 valence electrons. The molecule has 1 fully saturated rings. The minimum Gasteiger partial charge on any atom is -0.466 e. The molecule has 2 aromatic rings. The molecular weight excluding hydrogens is 444 g/mol. The highest BCUT2D eigenvalue weighted by Gasteiger charge is 2.49. The Morgan fingerprint density at radius 2 is 2.06 bits per heavy atom. The van der Waals surface area contributed by atoms with E-state index >= 15 is 0 Å². The van der Waals surface area contributed by atoms with Crippen LogP contribution in [0.15, 0.2) is 43.0 Å². The largest absolute Gasteiger partial charge is 0.466 e. The summed E-state index contributed by atoms with van der Waals surface area (Å²) >= 11 is 0. The molecule has 4 rings (SSSR count). The maximum absolute atomic E-state index is 12.4. The zero-order valence-electron chi connectivity index (χ0n) is 20.8. The van der Waals surface area contributed by atoms with Gasteiger partial charge in [-0.25, -0.2) is 9.78 Å². The van der Waals surface area contributed by atoms with Gasteiger partial charge in [0.15, 0.2) is 0 Å². The molecule has 9 nitrogen and oxygen atoms in total. The van der Waals surface area contributed by atoms with Gasteiger partial charge < -0.3 is 25.2 Å². The Balaban J connectivity index is 1.57. The Morgan fingerprint density at radius 3 is 2.77 bits per heavy atom. The van der Waals surface area contributed by atoms with Crippen LogP contribution in [0.4, 0.5) is 16.3 Å². The summed E-state index contributed by atoms with van der Waals surface area (Å²) in [5.41, 5.74) is 4.13. The number of anilines is 2. The molecule has 35 heavy (non-hydrogen) atoms. The number of amides is 2. The van der Waals surface area contributed by atoms with Gasteiger partial charge in [-0.15, -0.1) is 0 Å². The van der Waals surface area contributed by atoms with E-state index in [9.17, 15) is 9.59 Å². The van der Waals surface area contributed by atoms with Gasteiger partial charge in [0.25, 0.3) is 0 Å². The molecule has 0 aliphatic carbocycles. The van der Waals surface area contributed by atoms with Crippen molar-refractivity contribution in [3.05, 3.63) is 59.8 Å². The van der Waals surface area contributed by atoms with Crippen LogP contribution in [-0.2, 0) is 21.4 Å². The van der Waals surface area contributed by atoms with Crippen LogP contribution in [0.25, 0.3) is 0 Å². The summed E-state index contributed by atoms with van der Waals surface area (Å²) < 4.78 is 5.06. The lowest BCUT2D eigenvalue weighted by Gasteiger charge is -2.27. The fourth-order valence-electron chi connectivity index (χ4n) is 5.01. The van der Waals surface area contributed by atoms with E-state index in [1.54, 1.807) is 19.4 Å². The normalized spacial score (nSPS) is 18.5. The highest BCUT2D eigenvalue weighted by Crippen LogP contribution is 2.48. The molecule has 2 amide bonds. The van der Waals surface area contributed by atoms with Crippen molar-refractivity contribution in [2.24, 2.45) is 0 Å². The Hall–Kier alpha value is -3.62. The molecule has 2 N–H and O–H groups in total. The van der Waals surface area contributed by atoms with Crippen LogP contribution in [0.2, 0.25) is 0 Å². The van der Waals surface area contributed by atoms with Crippen LogP contribution in [0.3, 0.4) is 0 Å². The topological polar surface area (TPSA) is 99.7 Å². The number of aromatic nitrogens is 2. The second kappa shape index (κ2) is 10.3. The number of nitrogens with zero attached hydrogens (tertiary/aromatic N) is 4. The lowest BCUT2D eigenvalue weighted by atomic mass is 9.80. The van der Waals surface area contributed by atoms with Crippen LogP contribution in [0.1, 0.15) is 43.0 Å². The van der Waals surface area contributed by atoms with Gasteiger partial charge in [-0.2, -0.15) is 0 Å². The molecule has 9 heteroatoms. The summed E-state index contributed by atoms with van der Waals surface area (Å²) in [6, 6.07) is 6.42. The highest BCUT2D eigenvalue weighted by molar-refractivity contribution is 5.76. The first-order chi connectivity index (χ1) is 16.8. The van der Waals surface area contributed by atoms with E-state index < -0.39 is 0 Å². The van der Waals surface area contributed by atoms with Crippen molar-refractivity contribution in [1.29, 1.82) is 0 Å². The number of likely N-dealkylation sites (tertiary alicyclic amines) is 1. The molecular formula is C26H34N6O3. The third-order valence-corrected chi connectivity index (χ3v) is 6.77. The molecule has 0 saturated carbocycles. The number of hydrogen-bond donors (Lipinski definition) is 2. The van der Waals surface area contributed by atoms with Crippen molar-refractivity contribution in [2.45, 2.75) is 44.9 Å². The summed E-state index contributed by atoms with van der Waals surface area (Å²) in [5.74, 6) is 1.20. The molecule has 3 heterocycles. The van der Waals surface area contributed by atoms with Crippen LogP contribution >= 0.6 is 0 Å². The fraction of sp³-hybridized carbons (Fsp3) is 0.462. The van der Waals surface area contributed by atoms with Gasteiger partial charge in [0.1, 0.15) is 11.6 Å². The Bertz CT molecular complexity index is 1100. The van der Waals surface area contributed by atoms with E-state index in [0.29, 0.717) is 38.5 Å². The quantitative estimate of drug-likeness (QED) is 0.561. The average Bonchev–Trinajstić information content (AvgIpc) is 3.42. The standard InChI is InChI=1S/C26H34N6O3/c1-5-35-24(33)8-6-7-20-9-10-22-21(13-20)26(11-12-31(16-26)25(34)27-4)17-32(22)19(3)30-23-15-28-18(2)14-29-23/h9-10,13-15H,3,5-8,11-12,16-17H2,1-2,4H3,(H,27,34)(H,29,30). The van der Waals surface area contributed by atoms with E-state index in [2.05, 4.69) is 50.3 Å². The van der Waals surface area contributed by atoms with Gasteiger partial charge in [-0.3, -0.25) is 9.78 Å². The SMILES string of the molecule is C=C(Nc1cnc(C)cn1)N1CC2(CCN(C(=O)NC)C2)c2cc(CCCC(=O)OCC)ccc21. The molecule has 1 unspecified atom stereocenters. The van der Waals surface area contributed by atoms with E-state index in [1.807, 2.05) is 18.7 Å². The highest BCUT2D eigenvalue weighted by atomic mass is 16.5. The minimum absolute atomic E-state index is 0.0562. The maximum Gasteiger partial charge on any atom is 0.317 e. The van der Waals surface area contributed by atoms with Gasteiger partial charge in [0.2, 0.25) is 0 Å². The average molecular weight is 479 g/mol. The second-order valence-electron chi connectivity index (χ2n) is 9.22. The summed E-state index contributed by atoms with van der Waals surface area (Å²) in [7, 11) is 1.66. The summed E-state index contributed by atoms with van der Waals surface area (Å²) in [5, 5.41) is 6.04. The van der Waals surface area contributed by atoms with Crippen molar-refractivity contribution in [3.63, 3.8) is 0 Å². The molecule has 0 radical (unpaired) electrons. The molecule has 2 aliphatic rings. The smallest absolute Gasteiger partial charge is 0.317 e. The Labute approximate surface area is 206 Å². The second-order valence-corrected chi connectivity index (χ2v) is 9.22. The van der Waals surface area contributed by atoms with E-state index in [-0.39, 0.29) is 17.4 Å². The number of hydrogen-bond acceptors (Lipinski definition) is 7. The monoisotopic (exact) mass is 478 g/mol. The molecule has 2 aliphatic heterocycles. The number of fused-ring (bicyclic) bond motifs is 2. The molecule has 1 spiro atoms. The third kappa shape index (κ3) is 5.23. The zero-order valence-corrected chi connectivity index (χ0v) is 20.8. The van der Waals surface area contributed by atoms with E-state index in [0.717, 1.165) is 36.5 Å². The van der Waals surface area contributed by atoms with Gasteiger partial charge in [0.05, 0.1) is 24.7 Å². The molecule has 1 saturated heterocycles. The number of benzene rings is 1. The number of urea groups is 1. The molecule has 1 aromatic heterocycles. The van der Waals surface area contributed by atoms with E-state index in [4.69, 9.17) is 4.74 Å². The van der Waals surface area contributed by atoms with Crippen molar-refractivity contribution in [1.82, 2.24) is 20.2 Å². The first-order valence-corrected chi connectivity index (χ1v) is 12.1. The van der Waals surface area contributed by atoms with Crippen molar-refractivity contribution in [3.8, 4) is 0 Å². The first-order valence-electron chi connectivity index (χ1n) is 12.1. The lowest BCUT2D eigenvalue weighted by molar-refractivity contribution is -0.143. The minimum atomic E-state index is -0.192. The van der Waals surface area contributed by atoms with Crippen LogP contribution in [-0.4, -0.2) is 60.2 Å². The number of rotatable bonds is 8. The van der Waals surface area contributed by atoms with Gasteiger partial charge >= 0.3 is 12.0 Å². The first kappa shape index (κ1) is 24.5. The van der Waals surface area contributed by atoms with Crippen LogP contribution in [0, 0.1) is 6.92 Å². The fourth-order valence-corrected chi connectivity index (χ4v) is 5.01. The number of carbonyl (C=O) groups excluding carboxylic acids is 2. The van der Waals surface area contributed by atoms with Crippen LogP contribution < -0.4 is 15.5 Å². The number of esters is 1. The predicted octanol–water partition coefficient (Wildman–Crippen LogP) is 3.36. The van der Waals surface area contributed by atoms with Crippen LogP contribution in [0.5, 0.6) is 0 Å². The van der Waals surface area contributed by atoms with Gasteiger partial charge in [-0.1, -0.05) is 18.7 Å². The maximum atomic E-state index is 12.4. The molecule has 0 bridgehead atoms. The molecule has 1 aromatic carbocycles. The lowest BCUT2D eigenvalue weighted by Crippen LogP contribution is -2.41. The van der Waals surface area contributed by atoms with Crippen molar-refractivity contribution < 1.29 is 14.3 Å². The van der Waals surface area contributed by atoms with E-state index in [1.165, 1.54) is 11.1 Å².